The van der Waals surface area contributed by atoms with E-state index in [2.05, 4.69) is 27.5 Å². The number of nitrogens with one attached hydrogen (secondary N) is 1. The summed E-state index contributed by atoms with van der Waals surface area (Å²) in [5.74, 6) is 2.66. The molecule has 1 amide bonds. The lowest BCUT2D eigenvalue weighted by atomic mass is 10.1. The Kier molecular flexibility index (Phi) is 10.7. The number of aromatic nitrogens is 5. The number of ether oxygens (including phenoxy) is 1. The highest BCUT2D eigenvalue weighted by atomic mass is 32.2. The Morgan fingerprint density at radius 1 is 0.950 bits per heavy atom. The minimum atomic E-state index is -0.101. The van der Waals surface area contributed by atoms with Gasteiger partial charge >= 0.3 is 0 Å². The molecule has 0 aliphatic carbocycles. The molecule has 0 aliphatic rings. The normalized spacial score (nSPS) is 11.2. The predicted molar refractivity (Wildman–Crippen MR) is 160 cm³/mol. The van der Waals surface area contributed by atoms with Gasteiger partial charge in [0.05, 0.1) is 24.1 Å². The third kappa shape index (κ3) is 7.94. The van der Waals surface area contributed by atoms with Crippen LogP contribution in [0.4, 0.5) is 5.69 Å². The van der Waals surface area contributed by atoms with Crippen molar-refractivity contribution in [3.63, 3.8) is 0 Å². The zero-order chi connectivity index (χ0) is 28.3. The van der Waals surface area contributed by atoms with Gasteiger partial charge in [-0.15, -0.1) is 10.2 Å². The molecule has 0 fully saturated rings. The van der Waals surface area contributed by atoms with E-state index in [1.807, 2.05) is 60.1 Å². The molecule has 0 bridgehead atoms. The molecular formula is C30H38N6O3S. The molecule has 2 aromatic heterocycles. The Labute approximate surface area is 239 Å². The molecule has 0 spiro atoms. The Balaban J connectivity index is 1.13. The van der Waals surface area contributed by atoms with Crippen LogP contribution in [0.5, 0.6) is 5.75 Å². The molecule has 0 radical (unpaired) electrons. The molecule has 0 saturated carbocycles. The number of unbranched alkanes of at least 4 members (excludes halogenated alkanes) is 4. The van der Waals surface area contributed by atoms with E-state index in [0.717, 1.165) is 77.8 Å². The molecule has 0 atom stereocenters. The molecular weight excluding hydrogens is 524 g/mol. The molecule has 4 aromatic rings. The first-order valence-electron chi connectivity index (χ1n) is 13.9. The van der Waals surface area contributed by atoms with E-state index >= 15 is 0 Å². The van der Waals surface area contributed by atoms with Crippen molar-refractivity contribution in [1.29, 1.82) is 0 Å². The second kappa shape index (κ2) is 14.6. The minimum absolute atomic E-state index is 0.0526. The number of thioether (sulfide) groups is 1. The third-order valence-electron chi connectivity index (χ3n) is 6.67. The van der Waals surface area contributed by atoms with Crippen LogP contribution in [0.15, 0.2) is 58.5 Å². The summed E-state index contributed by atoms with van der Waals surface area (Å²) in [5, 5.41) is 18.6. The van der Waals surface area contributed by atoms with Gasteiger partial charge < -0.3 is 14.6 Å². The van der Waals surface area contributed by atoms with E-state index in [4.69, 9.17) is 4.74 Å². The smallest absolute Gasteiger partial charge is 0.274 e. The SMILES string of the molecule is CCCOc1ccc(NC(=O)CCCCCCCSc2nnc(Cc3nn(C)c(=O)c4ccccc34)n2C)cc1. The van der Waals surface area contributed by atoms with Crippen LogP contribution < -0.4 is 15.6 Å². The van der Waals surface area contributed by atoms with Crippen LogP contribution in [0.2, 0.25) is 0 Å². The molecule has 2 heterocycles. The molecule has 1 N–H and O–H groups in total. The Hall–Kier alpha value is -3.66. The molecule has 4 rings (SSSR count). The summed E-state index contributed by atoms with van der Waals surface area (Å²) in [6, 6.07) is 15.1. The first-order valence-corrected chi connectivity index (χ1v) is 14.9. The average molecular weight is 563 g/mol. The standard InChI is InChI=1S/C30H38N6O3S/c1-4-19-39-23-17-15-22(16-18-23)31-28(37)14-8-6-5-7-11-20-40-30-33-32-27(35(30)2)21-26-24-12-9-10-13-25(24)29(38)36(3)34-26/h9-10,12-13,15-18H,4-8,11,14,19-21H2,1-3H3,(H,31,37). The van der Waals surface area contributed by atoms with Gasteiger partial charge in [-0.1, -0.05) is 56.1 Å². The molecule has 2 aromatic carbocycles. The maximum atomic E-state index is 12.4. The lowest BCUT2D eigenvalue weighted by Gasteiger charge is -2.08. The van der Waals surface area contributed by atoms with Crippen molar-refractivity contribution in [2.24, 2.45) is 14.1 Å². The Morgan fingerprint density at radius 3 is 2.45 bits per heavy atom. The average Bonchev–Trinajstić information content (AvgIpc) is 3.31. The fraction of sp³-hybridized carbons (Fsp3) is 0.433. The molecule has 0 unspecified atom stereocenters. The van der Waals surface area contributed by atoms with Crippen molar-refractivity contribution in [2.75, 3.05) is 17.7 Å². The van der Waals surface area contributed by atoms with Crippen molar-refractivity contribution >= 4 is 34.1 Å². The highest BCUT2D eigenvalue weighted by Gasteiger charge is 2.14. The predicted octanol–water partition coefficient (Wildman–Crippen LogP) is 5.51. The molecule has 40 heavy (non-hydrogen) atoms. The van der Waals surface area contributed by atoms with Crippen LogP contribution in [-0.2, 0) is 25.3 Å². The second-order valence-corrected chi connectivity index (χ2v) is 10.9. The van der Waals surface area contributed by atoms with Crippen molar-refractivity contribution in [2.45, 2.75) is 63.4 Å². The van der Waals surface area contributed by atoms with Gasteiger partial charge in [0.15, 0.2) is 5.16 Å². The maximum Gasteiger partial charge on any atom is 0.274 e. The number of rotatable bonds is 15. The highest BCUT2D eigenvalue weighted by molar-refractivity contribution is 7.99. The summed E-state index contributed by atoms with van der Waals surface area (Å²) in [6.07, 6.45) is 7.23. The number of nitrogens with zero attached hydrogens (tertiary/aromatic N) is 5. The summed E-state index contributed by atoms with van der Waals surface area (Å²) in [5.41, 5.74) is 1.52. The van der Waals surface area contributed by atoms with Crippen LogP contribution >= 0.6 is 11.8 Å². The second-order valence-electron chi connectivity index (χ2n) is 9.84. The van der Waals surface area contributed by atoms with E-state index < -0.39 is 0 Å². The monoisotopic (exact) mass is 562 g/mol. The fourth-order valence-corrected chi connectivity index (χ4v) is 5.37. The Bertz CT molecular complexity index is 1460. The van der Waals surface area contributed by atoms with Gasteiger partial charge in [-0.3, -0.25) is 9.59 Å². The number of benzene rings is 2. The zero-order valence-corrected chi connectivity index (χ0v) is 24.4. The van der Waals surface area contributed by atoms with Gasteiger partial charge in [0.2, 0.25) is 5.91 Å². The first-order chi connectivity index (χ1) is 19.5. The van der Waals surface area contributed by atoms with Crippen LogP contribution in [0, 0.1) is 0 Å². The summed E-state index contributed by atoms with van der Waals surface area (Å²) < 4.78 is 8.97. The van der Waals surface area contributed by atoms with Gasteiger partial charge in [-0.05, 0) is 49.6 Å². The lowest BCUT2D eigenvalue weighted by Crippen LogP contribution is -2.21. The van der Waals surface area contributed by atoms with Gasteiger partial charge in [-0.25, -0.2) is 4.68 Å². The number of hydrogen-bond acceptors (Lipinski definition) is 7. The summed E-state index contributed by atoms with van der Waals surface area (Å²) in [4.78, 5) is 24.6. The number of carbonyl (C=O) groups excluding carboxylic acids is 1. The Morgan fingerprint density at radius 2 is 1.68 bits per heavy atom. The third-order valence-corrected chi connectivity index (χ3v) is 7.78. The lowest BCUT2D eigenvalue weighted by molar-refractivity contribution is -0.116. The number of aryl methyl sites for hydroxylation is 1. The van der Waals surface area contributed by atoms with E-state index in [-0.39, 0.29) is 11.5 Å². The van der Waals surface area contributed by atoms with E-state index in [1.54, 1.807) is 18.8 Å². The van der Waals surface area contributed by atoms with Crippen molar-refractivity contribution in [1.82, 2.24) is 24.5 Å². The number of hydrogen-bond donors (Lipinski definition) is 1. The quantitative estimate of drug-likeness (QED) is 0.150. The highest BCUT2D eigenvalue weighted by Crippen LogP contribution is 2.21. The van der Waals surface area contributed by atoms with Gasteiger partial charge in [-0.2, -0.15) is 5.10 Å². The van der Waals surface area contributed by atoms with E-state index in [1.165, 1.54) is 4.68 Å². The summed E-state index contributed by atoms with van der Waals surface area (Å²) in [6.45, 7) is 2.77. The van der Waals surface area contributed by atoms with Gasteiger partial charge in [0, 0.05) is 37.3 Å². The number of fused-ring (bicyclic) bond motifs is 1. The van der Waals surface area contributed by atoms with Crippen molar-refractivity contribution in [3.8, 4) is 5.75 Å². The van der Waals surface area contributed by atoms with Crippen LogP contribution in [0.25, 0.3) is 10.8 Å². The van der Waals surface area contributed by atoms with Gasteiger partial charge in [0.25, 0.3) is 5.56 Å². The van der Waals surface area contributed by atoms with Crippen molar-refractivity contribution in [3.05, 3.63) is 70.4 Å². The number of amides is 1. The van der Waals surface area contributed by atoms with Crippen LogP contribution in [-0.4, -0.2) is 42.8 Å². The minimum Gasteiger partial charge on any atom is -0.494 e. The van der Waals surface area contributed by atoms with Gasteiger partial charge in [0.1, 0.15) is 11.6 Å². The topological polar surface area (TPSA) is 104 Å². The number of anilines is 1. The molecule has 9 nitrogen and oxygen atoms in total. The molecule has 0 aliphatic heterocycles. The van der Waals surface area contributed by atoms with Crippen molar-refractivity contribution < 1.29 is 9.53 Å². The maximum absolute atomic E-state index is 12.4. The molecule has 10 heteroatoms. The fourth-order valence-electron chi connectivity index (χ4n) is 4.44. The van der Waals surface area contributed by atoms with E-state index in [9.17, 15) is 9.59 Å². The summed E-state index contributed by atoms with van der Waals surface area (Å²) >= 11 is 1.70. The van der Waals surface area contributed by atoms with E-state index in [0.29, 0.717) is 24.8 Å². The van der Waals surface area contributed by atoms with Crippen LogP contribution in [0.1, 0.15) is 63.4 Å². The number of carbonyl (C=O) groups is 1. The molecule has 212 valence electrons. The zero-order valence-electron chi connectivity index (χ0n) is 23.6. The summed E-state index contributed by atoms with van der Waals surface area (Å²) in [7, 11) is 3.65. The largest absolute Gasteiger partial charge is 0.494 e. The molecule has 0 saturated heterocycles. The first kappa shape index (κ1) is 29.3. The van der Waals surface area contributed by atoms with Crippen LogP contribution in [0.3, 0.4) is 0 Å².